The van der Waals surface area contributed by atoms with Gasteiger partial charge in [0.1, 0.15) is 17.1 Å². The van der Waals surface area contributed by atoms with Gasteiger partial charge in [0.25, 0.3) is 11.8 Å². The lowest BCUT2D eigenvalue weighted by Crippen LogP contribution is -2.46. The van der Waals surface area contributed by atoms with Gasteiger partial charge in [0.2, 0.25) is 0 Å². The molecule has 2 aromatic heterocycles. The number of anilines is 1. The van der Waals surface area contributed by atoms with E-state index in [2.05, 4.69) is 31.0 Å². The first kappa shape index (κ1) is 15.1. The molecule has 0 aliphatic rings. The first-order valence-electron chi connectivity index (χ1n) is 6.60. The molecule has 2 heterocycles. The van der Waals surface area contributed by atoms with E-state index in [1.54, 1.807) is 29.8 Å². The van der Waals surface area contributed by atoms with E-state index >= 15 is 0 Å². The molecule has 0 unspecified atom stereocenters. The lowest BCUT2D eigenvalue weighted by Gasteiger charge is -2.15. The van der Waals surface area contributed by atoms with Gasteiger partial charge in [-0.2, -0.15) is 15.4 Å². The zero-order valence-electron chi connectivity index (χ0n) is 11.7. The van der Waals surface area contributed by atoms with Crippen molar-refractivity contribution in [3.8, 4) is 0 Å². The van der Waals surface area contributed by atoms with Crippen molar-refractivity contribution in [2.24, 2.45) is 0 Å². The standard InChI is InChI=1S/C13H12N6O3S/c20-6-10(12(22)16-13-14-3-4-23-13)15-11(21)7-1-2-8-9(5-7)18-19-17-8/h1-5,10,20H,6H2,(H,15,21)(H,14,16,22)(H,17,18,19)/t10-/m0/s1. The second-order valence-corrected chi connectivity index (χ2v) is 5.46. The number of aliphatic hydroxyl groups excluding tert-OH is 1. The second-order valence-electron chi connectivity index (χ2n) is 4.56. The van der Waals surface area contributed by atoms with E-state index in [-0.39, 0.29) is 0 Å². The fourth-order valence-corrected chi connectivity index (χ4v) is 2.43. The van der Waals surface area contributed by atoms with Gasteiger partial charge >= 0.3 is 0 Å². The third kappa shape index (κ3) is 3.33. The van der Waals surface area contributed by atoms with Crippen molar-refractivity contribution in [1.82, 2.24) is 25.7 Å². The number of thiazole rings is 1. The number of aromatic nitrogens is 4. The van der Waals surface area contributed by atoms with E-state index in [4.69, 9.17) is 0 Å². The molecule has 0 saturated carbocycles. The number of fused-ring (bicyclic) bond motifs is 1. The zero-order valence-corrected chi connectivity index (χ0v) is 12.5. The summed E-state index contributed by atoms with van der Waals surface area (Å²) in [6.45, 7) is -0.533. The average Bonchev–Trinajstić information content (AvgIpc) is 3.22. The topological polar surface area (TPSA) is 133 Å². The molecule has 3 rings (SSSR count). The number of rotatable bonds is 5. The van der Waals surface area contributed by atoms with Gasteiger partial charge in [-0.1, -0.05) is 0 Å². The number of aromatic amines is 1. The summed E-state index contributed by atoms with van der Waals surface area (Å²) in [5, 5.41) is 26.7. The molecule has 1 atom stereocenters. The highest BCUT2D eigenvalue weighted by Crippen LogP contribution is 2.12. The van der Waals surface area contributed by atoms with Crippen molar-refractivity contribution in [1.29, 1.82) is 0 Å². The number of nitrogens with one attached hydrogen (secondary N) is 3. The fraction of sp³-hybridized carbons (Fsp3) is 0.154. The molecule has 0 saturated heterocycles. The molecule has 9 nitrogen and oxygen atoms in total. The Kier molecular flexibility index (Phi) is 4.26. The SMILES string of the molecule is O=C(N[C@@H](CO)C(=O)Nc1nccs1)c1ccc2n[nH]nc2c1. The molecule has 2 amide bonds. The Hall–Kier alpha value is -2.85. The van der Waals surface area contributed by atoms with Gasteiger partial charge in [0.05, 0.1) is 6.61 Å². The summed E-state index contributed by atoms with van der Waals surface area (Å²) >= 11 is 1.24. The summed E-state index contributed by atoms with van der Waals surface area (Å²) in [5.74, 6) is -1.04. The number of benzene rings is 1. The highest BCUT2D eigenvalue weighted by atomic mass is 32.1. The summed E-state index contributed by atoms with van der Waals surface area (Å²) in [5.41, 5.74) is 1.47. The van der Waals surface area contributed by atoms with E-state index in [1.165, 1.54) is 11.3 Å². The van der Waals surface area contributed by atoms with Crippen LogP contribution in [-0.2, 0) is 4.79 Å². The van der Waals surface area contributed by atoms with E-state index in [9.17, 15) is 14.7 Å². The molecule has 10 heteroatoms. The summed E-state index contributed by atoms with van der Waals surface area (Å²) in [4.78, 5) is 28.2. The summed E-state index contributed by atoms with van der Waals surface area (Å²) in [6, 6.07) is 3.66. The van der Waals surface area contributed by atoms with Crippen LogP contribution in [0.4, 0.5) is 5.13 Å². The second kappa shape index (κ2) is 6.50. The van der Waals surface area contributed by atoms with Crippen LogP contribution in [0.2, 0.25) is 0 Å². The van der Waals surface area contributed by atoms with Crippen LogP contribution in [-0.4, -0.2) is 50.0 Å². The van der Waals surface area contributed by atoms with Crippen LogP contribution in [0.5, 0.6) is 0 Å². The van der Waals surface area contributed by atoms with Crippen molar-refractivity contribution >= 4 is 39.3 Å². The number of nitrogens with zero attached hydrogens (tertiary/aromatic N) is 3. The minimum atomic E-state index is -1.08. The maximum Gasteiger partial charge on any atom is 0.252 e. The van der Waals surface area contributed by atoms with Gasteiger partial charge < -0.3 is 15.7 Å². The molecule has 0 fully saturated rings. The maximum absolute atomic E-state index is 12.2. The number of H-pyrrole nitrogens is 1. The van der Waals surface area contributed by atoms with Crippen molar-refractivity contribution in [3.05, 3.63) is 35.3 Å². The lowest BCUT2D eigenvalue weighted by molar-refractivity contribution is -0.118. The predicted molar refractivity (Wildman–Crippen MR) is 83.0 cm³/mol. The lowest BCUT2D eigenvalue weighted by atomic mass is 10.1. The number of carbonyl (C=O) groups excluding carboxylic acids is 2. The highest BCUT2D eigenvalue weighted by Gasteiger charge is 2.21. The van der Waals surface area contributed by atoms with Crippen LogP contribution >= 0.6 is 11.3 Å². The van der Waals surface area contributed by atoms with Crippen LogP contribution in [0.1, 0.15) is 10.4 Å². The molecule has 1 aromatic carbocycles. The van der Waals surface area contributed by atoms with Crippen molar-refractivity contribution in [2.75, 3.05) is 11.9 Å². The molecular formula is C13H12N6O3S. The Morgan fingerprint density at radius 3 is 2.87 bits per heavy atom. The Bertz CT molecular complexity index is 831. The Morgan fingerprint density at radius 1 is 1.30 bits per heavy atom. The van der Waals surface area contributed by atoms with Crippen LogP contribution < -0.4 is 10.6 Å². The maximum atomic E-state index is 12.2. The molecule has 0 radical (unpaired) electrons. The average molecular weight is 332 g/mol. The third-order valence-electron chi connectivity index (χ3n) is 3.05. The smallest absolute Gasteiger partial charge is 0.252 e. The van der Waals surface area contributed by atoms with Crippen molar-refractivity contribution in [3.63, 3.8) is 0 Å². The Balaban J connectivity index is 1.70. The van der Waals surface area contributed by atoms with E-state index in [0.29, 0.717) is 21.7 Å². The minimum Gasteiger partial charge on any atom is -0.394 e. The number of amides is 2. The van der Waals surface area contributed by atoms with Gasteiger partial charge in [-0.05, 0) is 18.2 Å². The first-order chi connectivity index (χ1) is 11.2. The monoisotopic (exact) mass is 332 g/mol. The number of hydrogen-bond donors (Lipinski definition) is 4. The molecule has 3 aromatic rings. The zero-order chi connectivity index (χ0) is 16.2. The van der Waals surface area contributed by atoms with E-state index in [0.717, 1.165) is 0 Å². The first-order valence-corrected chi connectivity index (χ1v) is 7.48. The van der Waals surface area contributed by atoms with Gasteiger partial charge in [-0.25, -0.2) is 4.98 Å². The van der Waals surface area contributed by atoms with Crippen LogP contribution in [0, 0.1) is 0 Å². The van der Waals surface area contributed by atoms with Crippen molar-refractivity contribution in [2.45, 2.75) is 6.04 Å². The molecule has 0 aliphatic heterocycles. The number of hydrogen-bond acceptors (Lipinski definition) is 7. The normalized spacial score (nSPS) is 12.0. The van der Waals surface area contributed by atoms with Gasteiger partial charge in [0, 0.05) is 17.1 Å². The third-order valence-corrected chi connectivity index (χ3v) is 3.73. The molecule has 0 aliphatic carbocycles. The summed E-state index contributed by atoms with van der Waals surface area (Å²) < 4.78 is 0. The van der Waals surface area contributed by atoms with E-state index in [1.807, 2.05) is 0 Å². The predicted octanol–water partition coefficient (Wildman–Crippen LogP) is 0.144. The molecule has 0 spiro atoms. The molecule has 4 N–H and O–H groups in total. The Morgan fingerprint density at radius 2 is 2.13 bits per heavy atom. The quantitative estimate of drug-likeness (QED) is 0.525. The highest BCUT2D eigenvalue weighted by molar-refractivity contribution is 7.13. The van der Waals surface area contributed by atoms with Crippen LogP contribution in [0.3, 0.4) is 0 Å². The molecule has 0 bridgehead atoms. The van der Waals surface area contributed by atoms with Crippen LogP contribution in [0.25, 0.3) is 11.0 Å². The molecule has 23 heavy (non-hydrogen) atoms. The summed E-state index contributed by atoms with van der Waals surface area (Å²) in [6.07, 6.45) is 1.54. The minimum absolute atomic E-state index is 0.312. The van der Waals surface area contributed by atoms with Gasteiger partial charge in [0.15, 0.2) is 5.13 Å². The number of carbonyl (C=O) groups is 2. The fourth-order valence-electron chi connectivity index (χ4n) is 1.89. The summed E-state index contributed by atoms with van der Waals surface area (Å²) in [7, 11) is 0. The van der Waals surface area contributed by atoms with E-state index < -0.39 is 24.5 Å². The largest absolute Gasteiger partial charge is 0.394 e. The Labute approximate surface area is 133 Å². The molecular weight excluding hydrogens is 320 g/mol. The van der Waals surface area contributed by atoms with Crippen molar-refractivity contribution < 1.29 is 14.7 Å². The number of aliphatic hydroxyl groups is 1. The van der Waals surface area contributed by atoms with Gasteiger partial charge in [-0.3, -0.25) is 9.59 Å². The van der Waals surface area contributed by atoms with Gasteiger partial charge in [-0.15, -0.1) is 11.3 Å². The van der Waals surface area contributed by atoms with Crippen LogP contribution in [0.15, 0.2) is 29.8 Å². The molecule has 118 valence electrons.